The number of piperidine rings is 1. The maximum atomic E-state index is 13.6. The van der Waals surface area contributed by atoms with E-state index in [1.165, 1.54) is 22.5 Å². The van der Waals surface area contributed by atoms with Gasteiger partial charge in [0.2, 0.25) is 5.91 Å². The second-order valence-electron chi connectivity index (χ2n) is 10.7. The number of anilines is 1. The van der Waals surface area contributed by atoms with Crippen LogP contribution in [0.2, 0.25) is 0 Å². The molecule has 5 rings (SSSR count). The standard InChI is InChI=1S/C34H39N5O2S/c40-32(36-29-18-10-21-35-24-29)19-11-22-39(34(41)38-33-37-31(25-42-33)28-16-8-3-9-17-28)23-20-30(26-12-4-1-5-13-26)27-14-6-2-7-15-27/h1-9,12-17,25,29-30,35H,10-11,18-24H2,(H,36,40)(H,37,38,41). The van der Waals surface area contributed by atoms with Crippen LogP contribution in [0.4, 0.5) is 9.93 Å². The average molecular weight is 582 g/mol. The monoisotopic (exact) mass is 581 g/mol. The molecule has 3 aromatic carbocycles. The van der Waals surface area contributed by atoms with Gasteiger partial charge in [0.1, 0.15) is 0 Å². The smallest absolute Gasteiger partial charge is 0.323 e. The third-order valence-corrected chi connectivity index (χ3v) is 8.42. The minimum atomic E-state index is -0.194. The minimum Gasteiger partial charge on any atom is -0.352 e. The van der Waals surface area contributed by atoms with Crippen molar-refractivity contribution in [3.63, 3.8) is 0 Å². The predicted octanol–water partition coefficient (Wildman–Crippen LogP) is 6.51. The molecule has 0 aliphatic carbocycles. The summed E-state index contributed by atoms with van der Waals surface area (Å²) in [6, 6.07) is 30.8. The maximum absolute atomic E-state index is 13.6. The Morgan fingerprint density at radius 1 is 0.929 bits per heavy atom. The third kappa shape index (κ3) is 8.50. The van der Waals surface area contributed by atoms with E-state index in [-0.39, 0.29) is 23.9 Å². The number of carbonyl (C=O) groups is 2. The summed E-state index contributed by atoms with van der Waals surface area (Å²) in [4.78, 5) is 32.8. The first-order valence-corrected chi connectivity index (χ1v) is 15.7. The highest BCUT2D eigenvalue weighted by Crippen LogP contribution is 2.29. The van der Waals surface area contributed by atoms with E-state index in [2.05, 4.69) is 69.5 Å². The minimum absolute atomic E-state index is 0.0444. The molecule has 0 saturated carbocycles. The molecule has 1 saturated heterocycles. The molecule has 0 bridgehead atoms. The summed E-state index contributed by atoms with van der Waals surface area (Å²) in [5, 5.41) is 12.0. The van der Waals surface area contributed by atoms with E-state index < -0.39 is 0 Å². The van der Waals surface area contributed by atoms with Gasteiger partial charge < -0.3 is 15.5 Å². The summed E-state index contributed by atoms with van der Waals surface area (Å²) in [5.74, 6) is 0.192. The number of thiazole rings is 1. The molecule has 1 aromatic heterocycles. The molecule has 0 radical (unpaired) electrons. The molecule has 1 aliphatic heterocycles. The number of nitrogens with one attached hydrogen (secondary N) is 3. The predicted molar refractivity (Wildman–Crippen MR) is 171 cm³/mol. The lowest BCUT2D eigenvalue weighted by atomic mass is 9.88. The van der Waals surface area contributed by atoms with Gasteiger partial charge in [-0.3, -0.25) is 10.1 Å². The van der Waals surface area contributed by atoms with Crippen molar-refractivity contribution in [3.8, 4) is 11.3 Å². The number of aromatic nitrogens is 1. The lowest BCUT2D eigenvalue weighted by molar-refractivity contribution is -0.122. The maximum Gasteiger partial charge on any atom is 0.323 e. The SMILES string of the molecule is O=C(CCCN(CCC(c1ccccc1)c1ccccc1)C(=O)Nc1nc(-c2ccccc2)cs1)NC1CCCNC1. The highest BCUT2D eigenvalue weighted by Gasteiger charge is 2.21. The lowest BCUT2D eigenvalue weighted by Gasteiger charge is -2.26. The normalized spacial score (nSPS) is 14.8. The van der Waals surface area contributed by atoms with Crippen molar-refractivity contribution in [3.05, 3.63) is 108 Å². The van der Waals surface area contributed by atoms with E-state index in [4.69, 9.17) is 0 Å². The number of carbonyl (C=O) groups excluding carboxylic acids is 2. The zero-order valence-corrected chi connectivity index (χ0v) is 24.7. The van der Waals surface area contributed by atoms with E-state index in [1.54, 1.807) is 0 Å². The van der Waals surface area contributed by atoms with Gasteiger partial charge in [0.05, 0.1) is 5.69 Å². The number of amides is 3. The topological polar surface area (TPSA) is 86.4 Å². The summed E-state index contributed by atoms with van der Waals surface area (Å²) in [7, 11) is 0. The van der Waals surface area contributed by atoms with E-state index in [1.807, 2.05) is 52.7 Å². The van der Waals surface area contributed by atoms with Crippen LogP contribution in [-0.4, -0.2) is 54.0 Å². The highest BCUT2D eigenvalue weighted by atomic mass is 32.1. The van der Waals surface area contributed by atoms with Gasteiger partial charge in [-0.1, -0.05) is 91.0 Å². The number of hydrogen-bond donors (Lipinski definition) is 3. The van der Waals surface area contributed by atoms with Crippen LogP contribution in [0.3, 0.4) is 0 Å². The van der Waals surface area contributed by atoms with Crippen molar-refractivity contribution in [2.75, 3.05) is 31.5 Å². The van der Waals surface area contributed by atoms with Crippen molar-refractivity contribution < 1.29 is 9.59 Å². The van der Waals surface area contributed by atoms with E-state index in [0.29, 0.717) is 31.1 Å². The molecule has 4 aromatic rings. The molecule has 42 heavy (non-hydrogen) atoms. The van der Waals surface area contributed by atoms with Crippen LogP contribution in [0.1, 0.15) is 49.1 Å². The van der Waals surface area contributed by atoms with E-state index in [9.17, 15) is 9.59 Å². The Bertz CT molecular complexity index is 1350. The Hall–Kier alpha value is -4.01. The van der Waals surface area contributed by atoms with Crippen LogP contribution in [0.15, 0.2) is 96.4 Å². The Morgan fingerprint density at radius 2 is 1.60 bits per heavy atom. The summed E-state index contributed by atoms with van der Waals surface area (Å²) >= 11 is 1.42. The van der Waals surface area contributed by atoms with Crippen molar-refractivity contribution in [1.29, 1.82) is 0 Å². The fraction of sp³-hybridized carbons (Fsp3) is 0.324. The molecule has 8 heteroatoms. The molecule has 218 valence electrons. The number of nitrogens with zero attached hydrogens (tertiary/aromatic N) is 2. The zero-order chi connectivity index (χ0) is 29.0. The molecular weight excluding hydrogens is 542 g/mol. The average Bonchev–Trinajstić information content (AvgIpc) is 3.50. The van der Waals surface area contributed by atoms with Crippen LogP contribution in [0.5, 0.6) is 0 Å². The molecule has 7 nitrogen and oxygen atoms in total. The Morgan fingerprint density at radius 3 is 2.24 bits per heavy atom. The molecule has 0 spiro atoms. The van der Waals surface area contributed by atoms with Gasteiger partial charge in [0.15, 0.2) is 5.13 Å². The van der Waals surface area contributed by atoms with Crippen LogP contribution in [0.25, 0.3) is 11.3 Å². The highest BCUT2D eigenvalue weighted by molar-refractivity contribution is 7.14. The van der Waals surface area contributed by atoms with E-state index >= 15 is 0 Å². The summed E-state index contributed by atoms with van der Waals surface area (Å²) in [6.45, 7) is 2.86. The summed E-state index contributed by atoms with van der Waals surface area (Å²) in [6.07, 6.45) is 3.82. The van der Waals surface area contributed by atoms with Crippen LogP contribution >= 0.6 is 11.3 Å². The Kier molecular flexibility index (Phi) is 10.7. The first-order chi connectivity index (χ1) is 20.7. The fourth-order valence-electron chi connectivity index (χ4n) is 5.44. The van der Waals surface area contributed by atoms with E-state index in [0.717, 1.165) is 43.6 Å². The first-order valence-electron chi connectivity index (χ1n) is 14.8. The molecule has 1 fully saturated rings. The van der Waals surface area contributed by atoms with Crippen molar-refractivity contribution in [2.24, 2.45) is 0 Å². The van der Waals surface area contributed by atoms with Gasteiger partial charge in [-0.05, 0) is 43.4 Å². The summed E-state index contributed by atoms with van der Waals surface area (Å²) in [5.41, 5.74) is 4.29. The Balaban J connectivity index is 1.26. The number of urea groups is 1. The molecule has 1 unspecified atom stereocenters. The quantitative estimate of drug-likeness (QED) is 0.178. The molecule has 2 heterocycles. The van der Waals surface area contributed by atoms with Crippen LogP contribution in [-0.2, 0) is 4.79 Å². The van der Waals surface area contributed by atoms with Crippen LogP contribution < -0.4 is 16.0 Å². The Labute approximate surface area is 252 Å². The van der Waals surface area contributed by atoms with Gasteiger partial charge >= 0.3 is 6.03 Å². The molecular formula is C34H39N5O2S. The van der Waals surface area contributed by atoms with Gasteiger partial charge in [-0.2, -0.15) is 0 Å². The van der Waals surface area contributed by atoms with Crippen molar-refractivity contribution in [1.82, 2.24) is 20.5 Å². The molecule has 1 atom stereocenters. The van der Waals surface area contributed by atoms with Crippen molar-refractivity contribution >= 4 is 28.4 Å². The zero-order valence-electron chi connectivity index (χ0n) is 23.9. The van der Waals surface area contributed by atoms with Crippen molar-refractivity contribution in [2.45, 2.75) is 44.1 Å². The fourth-order valence-corrected chi connectivity index (χ4v) is 6.15. The molecule has 3 N–H and O–H groups in total. The molecule has 1 aliphatic rings. The van der Waals surface area contributed by atoms with Gasteiger partial charge in [-0.15, -0.1) is 11.3 Å². The first kappa shape index (κ1) is 29.5. The van der Waals surface area contributed by atoms with Gasteiger partial charge in [-0.25, -0.2) is 9.78 Å². The second kappa shape index (κ2) is 15.3. The van der Waals surface area contributed by atoms with Gasteiger partial charge in [0, 0.05) is 49.0 Å². The molecule has 3 amide bonds. The number of benzene rings is 3. The van der Waals surface area contributed by atoms with Crippen LogP contribution in [0, 0.1) is 0 Å². The number of hydrogen-bond acceptors (Lipinski definition) is 5. The largest absolute Gasteiger partial charge is 0.352 e. The lowest BCUT2D eigenvalue weighted by Crippen LogP contribution is -2.45. The third-order valence-electron chi connectivity index (χ3n) is 7.66. The van der Waals surface area contributed by atoms with Gasteiger partial charge in [0.25, 0.3) is 0 Å². The number of rotatable bonds is 12. The second-order valence-corrected chi connectivity index (χ2v) is 11.6. The summed E-state index contributed by atoms with van der Waals surface area (Å²) < 4.78 is 0.